The van der Waals surface area contributed by atoms with Crippen LogP contribution in [0.3, 0.4) is 0 Å². The molecule has 1 fully saturated rings. The Labute approximate surface area is 155 Å². The minimum Gasteiger partial charge on any atom is -0.321 e. The first-order valence-corrected chi connectivity index (χ1v) is 10.4. The molecule has 1 heterocycles. The van der Waals surface area contributed by atoms with Crippen LogP contribution in [0.1, 0.15) is 47.7 Å². The molecule has 1 saturated heterocycles. The number of nitrogens with zero attached hydrogens (tertiary/aromatic N) is 1. The average Bonchev–Trinajstić information content (AvgIpc) is 2.95. The Morgan fingerprint density at radius 2 is 1.81 bits per heavy atom. The molecule has 1 amide bonds. The summed E-state index contributed by atoms with van der Waals surface area (Å²) in [6.45, 7) is 6.66. The predicted molar refractivity (Wildman–Crippen MR) is 105 cm³/mol. The highest BCUT2D eigenvalue weighted by Gasteiger charge is 2.28. The van der Waals surface area contributed by atoms with Crippen molar-refractivity contribution in [2.24, 2.45) is 0 Å². The Morgan fingerprint density at radius 3 is 2.38 bits per heavy atom. The molecule has 0 unspecified atom stereocenters. The van der Waals surface area contributed by atoms with Gasteiger partial charge in [-0.2, -0.15) is 0 Å². The number of amides is 1. The Kier molecular flexibility index (Phi) is 5.05. The monoisotopic (exact) mass is 372 g/mol. The molecule has 1 N–H and O–H groups in total. The highest BCUT2D eigenvalue weighted by Crippen LogP contribution is 2.28. The molecular weight excluding hydrogens is 348 g/mol. The number of rotatable bonds is 4. The van der Waals surface area contributed by atoms with E-state index < -0.39 is 10.0 Å². The molecule has 1 aliphatic heterocycles. The smallest absolute Gasteiger partial charge is 0.255 e. The highest BCUT2D eigenvalue weighted by molar-refractivity contribution is 7.93. The average molecular weight is 372 g/mol. The Hall–Kier alpha value is -2.34. The van der Waals surface area contributed by atoms with Crippen molar-refractivity contribution in [1.29, 1.82) is 0 Å². The summed E-state index contributed by atoms with van der Waals surface area (Å²) in [6.07, 6.45) is 0.635. The Morgan fingerprint density at radius 1 is 1.12 bits per heavy atom. The lowest BCUT2D eigenvalue weighted by Gasteiger charge is -2.18. The van der Waals surface area contributed by atoms with Gasteiger partial charge in [-0.15, -0.1) is 0 Å². The summed E-state index contributed by atoms with van der Waals surface area (Å²) in [7, 11) is -3.21. The third-order valence-corrected chi connectivity index (χ3v) is 6.55. The summed E-state index contributed by atoms with van der Waals surface area (Å²) in [5.41, 5.74) is 4.07. The predicted octanol–water partition coefficient (Wildman–Crippen LogP) is 3.91. The number of carbonyl (C=O) groups is 1. The van der Waals surface area contributed by atoms with Crippen molar-refractivity contribution in [2.75, 3.05) is 21.9 Å². The SMILES string of the molecule is Cc1cccc(C(C)C)c1NC(=O)c1ccc(N2CCCS2(=O)=O)cc1. The van der Waals surface area contributed by atoms with Crippen molar-refractivity contribution in [3.8, 4) is 0 Å². The van der Waals surface area contributed by atoms with Crippen LogP contribution in [-0.4, -0.2) is 26.6 Å². The van der Waals surface area contributed by atoms with Gasteiger partial charge in [0.05, 0.1) is 11.4 Å². The summed E-state index contributed by atoms with van der Waals surface area (Å²) in [4.78, 5) is 12.7. The number of hydrogen-bond donors (Lipinski definition) is 1. The maximum atomic E-state index is 12.7. The van der Waals surface area contributed by atoms with Crippen LogP contribution in [0.5, 0.6) is 0 Å². The molecule has 0 aromatic heterocycles. The molecule has 0 bridgehead atoms. The maximum absolute atomic E-state index is 12.7. The lowest BCUT2D eigenvalue weighted by molar-refractivity contribution is 0.102. The molecule has 0 spiro atoms. The van der Waals surface area contributed by atoms with Crippen molar-refractivity contribution in [1.82, 2.24) is 0 Å². The molecule has 0 radical (unpaired) electrons. The van der Waals surface area contributed by atoms with Crippen molar-refractivity contribution < 1.29 is 13.2 Å². The van der Waals surface area contributed by atoms with E-state index in [1.54, 1.807) is 24.3 Å². The van der Waals surface area contributed by atoms with Gasteiger partial charge in [-0.25, -0.2) is 8.42 Å². The number of para-hydroxylation sites is 1. The standard InChI is InChI=1S/C20H24N2O3S/c1-14(2)18-7-4-6-15(3)19(18)21-20(23)16-8-10-17(11-9-16)22-12-5-13-26(22,24)25/h4,6-11,14H,5,12-13H2,1-3H3,(H,21,23). The van der Waals surface area contributed by atoms with E-state index in [4.69, 9.17) is 0 Å². The molecule has 3 rings (SSSR count). The van der Waals surface area contributed by atoms with E-state index in [0.29, 0.717) is 30.1 Å². The lowest BCUT2D eigenvalue weighted by Crippen LogP contribution is -2.25. The van der Waals surface area contributed by atoms with Gasteiger partial charge in [0.25, 0.3) is 5.91 Å². The van der Waals surface area contributed by atoms with Crippen molar-refractivity contribution in [3.05, 3.63) is 59.2 Å². The van der Waals surface area contributed by atoms with Gasteiger partial charge < -0.3 is 5.32 Å². The molecule has 0 saturated carbocycles. The molecule has 0 aliphatic carbocycles. The minimum atomic E-state index is -3.21. The Bertz CT molecular complexity index is 919. The summed E-state index contributed by atoms with van der Waals surface area (Å²) in [5, 5.41) is 3.01. The van der Waals surface area contributed by atoms with Crippen LogP contribution < -0.4 is 9.62 Å². The highest BCUT2D eigenvalue weighted by atomic mass is 32.2. The van der Waals surface area contributed by atoms with Gasteiger partial charge in [0.2, 0.25) is 10.0 Å². The van der Waals surface area contributed by atoms with Crippen LogP contribution >= 0.6 is 0 Å². The summed E-state index contributed by atoms with van der Waals surface area (Å²) in [5.74, 6) is 0.283. The first-order valence-electron chi connectivity index (χ1n) is 8.81. The second-order valence-corrected chi connectivity index (χ2v) is 8.95. The summed E-state index contributed by atoms with van der Waals surface area (Å²) in [6, 6.07) is 12.7. The molecule has 5 nitrogen and oxygen atoms in total. The van der Waals surface area contributed by atoms with Gasteiger partial charge in [0.15, 0.2) is 0 Å². The fourth-order valence-electron chi connectivity index (χ4n) is 3.24. The van der Waals surface area contributed by atoms with Crippen molar-refractivity contribution in [3.63, 3.8) is 0 Å². The van der Waals surface area contributed by atoms with Gasteiger partial charge in [0.1, 0.15) is 0 Å². The van der Waals surface area contributed by atoms with E-state index in [9.17, 15) is 13.2 Å². The Balaban J connectivity index is 1.82. The molecule has 0 atom stereocenters. The van der Waals surface area contributed by atoms with Crippen LogP contribution in [0.15, 0.2) is 42.5 Å². The summed E-state index contributed by atoms with van der Waals surface area (Å²) >= 11 is 0. The molecule has 26 heavy (non-hydrogen) atoms. The van der Waals surface area contributed by atoms with E-state index in [0.717, 1.165) is 16.8 Å². The lowest BCUT2D eigenvalue weighted by atomic mass is 9.98. The van der Waals surface area contributed by atoms with E-state index in [1.807, 2.05) is 25.1 Å². The first-order chi connectivity index (χ1) is 12.3. The zero-order valence-corrected chi connectivity index (χ0v) is 16.1. The number of benzene rings is 2. The third kappa shape index (κ3) is 3.60. The maximum Gasteiger partial charge on any atom is 0.255 e. The third-order valence-electron chi connectivity index (χ3n) is 4.68. The van der Waals surface area contributed by atoms with Gasteiger partial charge >= 0.3 is 0 Å². The van der Waals surface area contributed by atoms with Gasteiger partial charge in [-0.3, -0.25) is 9.10 Å². The normalized spacial score (nSPS) is 16.1. The van der Waals surface area contributed by atoms with Gasteiger partial charge in [0, 0.05) is 17.8 Å². The molecule has 138 valence electrons. The van der Waals surface area contributed by atoms with Crippen LogP contribution in [0.4, 0.5) is 11.4 Å². The fourth-order valence-corrected chi connectivity index (χ4v) is 4.80. The zero-order chi connectivity index (χ0) is 18.9. The zero-order valence-electron chi connectivity index (χ0n) is 15.3. The molecule has 2 aromatic rings. The first kappa shape index (κ1) is 18.5. The van der Waals surface area contributed by atoms with E-state index >= 15 is 0 Å². The molecule has 2 aromatic carbocycles. The number of carbonyl (C=O) groups excluding carboxylic acids is 1. The van der Waals surface area contributed by atoms with E-state index in [-0.39, 0.29) is 11.7 Å². The van der Waals surface area contributed by atoms with Crippen molar-refractivity contribution in [2.45, 2.75) is 33.1 Å². The minimum absolute atomic E-state index is 0.181. The van der Waals surface area contributed by atoms with Gasteiger partial charge in [-0.05, 0) is 54.7 Å². The molecular formula is C20H24N2O3S. The molecule has 6 heteroatoms. The topological polar surface area (TPSA) is 66.5 Å². The number of anilines is 2. The van der Waals surface area contributed by atoms with Crippen LogP contribution in [0.2, 0.25) is 0 Å². The van der Waals surface area contributed by atoms with Crippen LogP contribution in [0.25, 0.3) is 0 Å². The number of hydrogen-bond acceptors (Lipinski definition) is 3. The molecule has 1 aliphatic rings. The second-order valence-electron chi connectivity index (χ2n) is 6.94. The van der Waals surface area contributed by atoms with Crippen molar-refractivity contribution >= 4 is 27.3 Å². The van der Waals surface area contributed by atoms with Gasteiger partial charge in [-0.1, -0.05) is 32.0 Å². The number of sulfonamides is 1. The summed E-state index contributed by atoms with van der Waals surface area (Å²) < 4.78 is 25.4. The quantitative estimate of drug-likeness (QED) is 0.885. The number of nitrogens with one attached hydrogen (secondary N) is 1. The van der Waals surface area contributed by atoms with Crippen LogP contribution in [-0.2, 0) is 10.0 Å². The van der Waals surface area contributed by atoms with E-state index in [1.165, 1.54) is 4.31 Å². The fraction of sp³-hybridized carbons (Fsp3) is 0.350. The van der Waals surface area contributed by atoms with E-state index in [2.05, 4.69) is 19.2 Å². The van der Waals surface area contributed by atoms with Crippen LogP contribution in [0, 0.1) is 6.92 Å². The largest absolute Gasteiger partial charge is 0.321 e. The second kappa shape index (κ2) is 7.11. The number of aryl methyl sites for hydroxylation is 1.